The molecule has 72 valence electrons. The summed E-state index contributed by atoms with van der Waals surface area (Å²) in [5.74, 6) is 0. The summed E-state index contributed by atoms with van der Waals surface area (Å²) in [5.41, 5.74) is 2.57. The molecular weight excluding hydrogens is 195 g/mol. The van der Waals surface area contributed by atoms with E-state index in [-0.39, 0.29) is 18.9 Å². The van der Waals surface area contributed by atoms with Gasteiger partial charge in [0.1, 0.15) is 5.69 Å². The van der Waals surface area contributed by atoms with Crippen molar-refractivity contribution >= 4 is 5.52 Å². The van der Waals surface area contributed by atoms with Crippen LogP contribution >= 0.6 is 0 Å². The monoisotopic (exact) mass is 202 g/mol. The number of fused-ring (bicyclic) bond motifs is 1. The average molecular weight is 202 g/mol. The van der Waals surface area contributed by atoms with E-state index in [9.17, 15) is 0 Å². The van der Waals surface area contributed by atoms with Crippen LogP contribution in [0.25, 0.3) is 16.9 Å². The fraction of sp³-hybridized carbons (Fsp3) is 0. The standard InChI is InChI=1S/C11H7N4.Li/c1-3-7-12-9(5-1)11-10-6-2-4-8-15(10)14-13-11;/h1-3,5-8H;/q-1;+1. The Morgan fingerprint density at radius 1 is 1.19 bits per heavy atom. The van der Waals surface area contributed by atoms with Gasteiger partial charge in [-0.3, -0.25) is 9.50 Å². The first-order valence-electron chi connectivity index (χ1n) is 4.58. The maximum Gasteiger partial charge on any atom is 1.00 e. The minimum atomic E-state index is 0. The number of aromatic nitrogens is 4. The van der Waals surface area contributed by atoms with Crippen LogP contribution < -0.4 is 18.9 Å². The molecule has 3 aromatic rings. The van der Waals surface area contributed by atoms with E-state index in [4.69, 9.17) is 0 Å². The molecular formula is C11H7LiN4. The van der Waals surface area contributed by atoms with Crippen LogP contribution in [0.15, 0.2) is 42.7 Å². The molecule has 5 heteroatoms. The third-order valence-electron chi connectivity index (χ3n) is 2.17. The van der Waals surface area contributed by atoms with Crippen molar-refractivity contribution in [3.05, 3.63) is 48.8 Å². The van der Waals surface area contributed by atoms with Crippen molar-refractivity contribution in [2.24, 2.45) is 0 Å². The fourth-order valence-electron chi connectivity index (χ4n) is 1.48. The minimum Gasteiger partial charge on any atom is -0.257 e. The van der Waals surface area contributed by atoms with Gasteiger partial charge >= 0.3 is 18.9 Å². The third kappa shape index (κ3) is 1.73. The summed E-state index contributed by atoms with van der Waals surface area (Å²) in [6.07, 6.45) is 3.49. The largest absolute Gasteiger partial charge is 1.00 e. The van der Waals surface area contributed by atoms with Gasteiger partial charge < -0.3 is 0 Å². The van der Waals surface area contributed by atoms with Crippen LogP contribution in [0, 0.1) is 6.07 Å². The molecule has 0 bridgehead atoms. The van der Waals surface area contributed by atoms with Crippen molar-refractivity contribution in [3.63, 3.8) is 0 Å². The first-order chi connectivity index (χ1) is 7.45. The zero-order valence-corrected chi connectivity index (χ0v) is 8.83. The van der Waals surface area contributed by atoms with E-state index in [0.29, 0.717) is 0 Å². The molecule has 3 heterocycles. The smallest absolute Gasteiger partial charge is 0.257 e. The first kappa shape index (κ1) is 10.9. The Balaban J connectivity index is 0.000000963. The zero-order valence-electron chi connectivity index (χ0n) is 8.83. The van der Waals surface area contributed by atoms with Gasteiger partial charge in [0.05, 0.1) is 5.69 Å². The molecule has 16 heavy (non-hydrogen) atoms. The van der Waals surface area contributed by atoms with E-state index in [1.807, 2.05) is 30.3 Å². The van der Waals surface area contributed by atoms with E-state index >= 15 is 0 Å². The van der Waals surface area contributed by atoms with Gasteiger partial charge in [-0.25, -0.2) is 12.1 Å². The van der Waals surface area contributed by atoms with Gasteiger partial charge in [0.2, 0.25) is 0 Å². The van der Waals surface area contributed by atoms with Gasteiger partial charge in [-0.05, 0) is 12.1 Å². The second kappa shape index (κ2) is 4.48. The van der Waals surface area contributed by atoms with Crippen LogP contribution in [0.1, 0.15) is 0 Å². The van der Waals surface area contributed by atoms with Crippen molar-refractivity contribution < 1.29 is 18.9 Å². The molecule has 0 aromatic carbocycles. The van der Waals surface area contributed by atoms with E-state index in [1.165, 1.54) is 0 Å². The van der Waals surface area contributed by atoms with E-state index < -0.39 is 0 Å². The molecule has 0 atom stereocenters. The van der Waals surface area contributed by atoms with Crippen LogP contribution in [0.2, 0.25) is 0 Å². The summed E-state index contributed by atoms with van der Waals surface area (Å²) >= 11 is 0. The Hall–Kier alpha value is -1.63. The molecule has 0 spiro atoms. The number of hydrogen-bond donors (Lipinski definition) is 0. The molecule has 0 amide bonds. The molecule has 0 aliphatic heterocycles. The number of hydrogen-bond acceptors (Lipinski definition) is 3. The van der Waals surface area contributed by atoms with Gasteiger partial charge in [-0.15, -0.1) is 5.10 Å². The Morgan fingerprint density at radius 3 is 2.94 bits per heavy atom. The van der Waals surface area contributed by atoms with Gasteiger partial charge in [-0.2, -0.15) is 6.07 Å². The first-order valence-corrected chi connectivity index (χ1v) is 4.58. The van der Waals surface area contributed by atoms with E-state index in [1.54, 1.807) is 16.9 Å². The molecule has 0 unspecified atom stereocenters. The summed E-state index contributed by atoms with van der Waals surface area (Å²) in [7, 11) is 0. The topological polar surface area (TPSA) is 43.1 Å². The Labute approximate surface area is 105 Å². The second-order valence-electron chi connectivity index (χ2n) is 3.11. The van der Waals surface area contributed by atoms with Gasteiger partial charge in [0, 0.05) is 11.7 Å². The third-order valence-corrected chi connectivity index (χ3v) is 2.17. The molecule has 3 aromatic heterocycles. The quantitative estimate of drug-likeness (QED) is 0.360. The molecule has 0 aliphatic carbocycles. The summed E-state index contributed by atoms with van der Waals surface area (Å²) in [5, 5.41) is 8.09. The fourth-order valence-corrected chi connectivity index (χ4v) is 1.48. The number of pyridine rings is 2. The maximum atomic E-state index is 4.25. The van der Waals surface area contributed by atoms with Crippen molar-refractivity contribution in [3.8, 4) is 11.4 Å². The molecule has 0 fully saturated rings. The SMILES string of the molecule is [Li+].[c-]1ccc2c(-c3ccccn3)nnn2c1. The van der Waals surface area contributed by atoms with Crippen LogP contribution in [-0.4, -0.2) is 19.8 Å². The van der Waals surface area contributed by atoms with Crippen LogP contribution in [-0.2, 0) is 0 Å². The molecule has 0 radical (unpaired) electrons. The van der Waals surface area contributed by atoms with Crippen molar-refractivity contribution in [2.45, 2.75) is 0 Å². The predicted molar refractivity (Wildman–Crippen MR) is 55.1 cm³/mol. The predicted octanol–water partition coefficient (Wildman–Crippen LogP) is -1.40. The normalized spacial score (nSPS) is 10.0. The number of rotatable bonds is 1. The maximum absolute atomic E-state index is 4.25. The average Bonchev–Trinajstić information content (AvgIpc) is 2.74. The van der Waals surface area contributed by atoms with E-state index in [0.717, 1.165) is 16.9 Å². The Morgan fingerprint density at radius 2 is 2.12 bits per heavy atom. The van der Waals surface area contributed by atoms with Gasteiger partial charge in [0.15, 0.2) is 0 Å². The summed E-state index contributed by atoms with van der Waals surface area (Å²) in [6, 6.07) is 12.4. The van der Waals surface area contributed by atoms with Crippen molar-refractivity contribution in [1.29, 1.82) is 0 Å². The summed E-state index contributed by atoms with van der Waals surface area (Å²) in [6.45, 7) is 0. The molecule has 4 nitrogen and oxygen atoms in total. The van der Waals surface area contributed by atoms with Gasteiger partial charge in [-0.1, -0.05) is 17.5 Å². The summed E-state index contributed by atoms with van der Waals surface area (Å²) < 4.78 is 1.68. The molecule has 0 saturated carbocycles. The second-order valence-corrected chi connectivity index (χ2v) is 3.11. The molecule has 3 rings (SSSR count). The molecule has 0 N–H and O–H groups in total. The molecule has 0 saturated heterocycles. The Kier molecular flexibility index (Phi) is 3.04. The van der Waals surface area contributed by atoms with Gasteiger partial charge in [0.25, 0.3) is 0 Å². The van der Waals surface area contributed by atoms with Crippen molar-refractivity contribution in [2.75, 3.05) is 0 Å². The van der Waals surface area contributed by atoms with Crippen LogP contribution in [0.4, 0.5) is 0 Å². The summed E-state index contributed by atoms with van der Waals surface area (Å²) in [4.78, 5) is 4.25. The Bertz CT molecular complexity index is 591. The van der Waals surface area contributed by atoms with Crippen molar-refractivity contribution in [1.82, 2.24) is 19.8 Å². The number of nitrogens with zero attached hydrogens (tertiary/aromatic N) is 4. The minimum absolute atomic E-state index is 0. The van der Waals surface area contributed by atoms with Crippen LogP contribution in [0.3, 0.4) is 0 Å². The van der Waals surface area contributed by atoms with E-state index in [2.05, 4.69) is 21.4 Å². The zero-order chi connectivity index (χ0) is 10.1. The molecule has 0 aliphatic rings. The van der Waals surface area contributed by atoms with Crippen LogP contribution in [0.5, 0.6) is 0 Å².